The smallest absolute Gasteiger partial charge is 0.335 e. The summed E-state index contributed by atoms with van der Waals surface area (Å²) in [5.74, 6) is 0.290. The molecule has 1 N–H and O–H groups in total. The van der Waals surface area contributed by atoms with E-state index in [1.807, 2.05) is 47.4 Å². The first kappa shape index (κ1) is 75.8. The number of benzene rings is 14. The molecule has 2 aromatic heterocycles. The zero-order chi connectivity index (χ0) is 71.3. The second-order valence-corrected chi connectivity index (χ2v) is 33.2. The Hall–Kier alpha value is -10.3. The third-order valence-electron chi connectivity index (χ3n) is 16.7. The Bertz CT molecular complexity index is 4330. The van der Waals surface area contributed by atoms with Crippen LogP contribution in [0.2, 0.25) is 0 Å². The van der Waals surface area contributed by atoms with Gasteiger partial charge in [0.25, 0.3) is 0 Å². The van der Waals surface area contributed by atoms with Gasteiger partial charge in [0, 0.05) is 54.9 Å². The van der Waals surface area contributed by atoms with Crippen LogP contribution in [0.3, 0.4) is 0 Å². The van der Waals surface area contributed by atoms with Crippen molar-refractivity contribution >= 4 is 124 Å². The van der Waals surface area contributed by atoms with E-state index in [2.05, 4.69) is 374 Å². The number of fused-ring (bicyclic) bond motifs is 1. The average molecular weight is 1550 g/mol. The molecule has 0 unspecified atom stereocenters. The van der Waals surface area contributed by atoms with Crippen molar-refractivity contribution in [2.75, 3.05) is 13.4 Å². The number of rotatable bonds is 17. The van der Waals surface area contributed by atoms with E-state index in [4.69, 9.17) is 4.74 Å². The number of methoxy groups -OCH3 is 1. The molecule has 6 nitrogen and oxygen atoms in total. The minimum absolute atomic E-state index is 0. The standard InChI is InChI=1S/C21H17N3O3S.4C18H15P.Pd/c1-27-16-5-3-4-13(8-16)15-10-22-21(23-11-15)24-12-19(28-2)17-7-6-14(20(25)26)9-18(17)24;4*1-4-10-16(11-5-1)19(17-12-6-2-7-13-17)18-14-8-3-9-15-18;/h3-12H,1-2H3,(H,25,26);4*1-15H;. The van der Waals surface area contributed by atoms with E-state index in [0.29, 0.717) is 5.95 Å². The summed E-state index contributed by atoms with van der Waals surface area (Å²) in [6.07, 6.45) is 7.42. The van der Waals surface area contributed by atoms with Gasteiger partial charge in [0.15, 0.2) is 0 Å². The van der Waals surface area contributed by atoms with Gasteiger partial charge in [-0.05, 0) is 131 Å². The van der Waals surface area contributed by atoms with Crippen molar-refractivity contribution in [2.45, 2.75) is 4.90 Å². The predicted octanol–water partition coefficient (Wildman–Crippen LogP) is 18.3. The maximum atomic E-state index is 11.4. The molecule has 0 amide bonds. The summed E-state index contributed by atoms with van der Waals surface area (Å²) in [5.41, 5.74) is 2.82. The molecule has 0 saturated carbocycles. The van der Waals surface area contributed by atoms with Crippen molar-refractivity contribution in [3.63, 3.8) is 0 Å². The third kappa shape index (κ3) is 20.8. The number of carboxylic acid groups (broad SMARTS) is 1. The van der Waals surface area contributed by atoms with Gasteiger partial charge in [-0.3, -0.25) is 4.57 Å². The number of nitrogens with zero attached hydrogens (tertiary/aromatic N) is 3. The molecule has 0 fully saturated rings. The predicted molar refractivity (Wildman–Crippen MR) is 450 cm³/mol. The van der Waals surface area contributed by atoms with Gasteiger partial charge in [0.2, 0.25) is 5.95 Å². The van der Waals surface area contributed by atoms with Crippen LogP contribution in [0.1, 0.15) is 10.4 Å². The fraction of sp³-hybridized carbons (Fsp3) is 0.0215. The number of carboxylic acids is 1. The molecule has 14 aromatic carbocycles. The third-order valence-corrected chi connectivity index (χ3v) is 27.2. The van der Waals surface area contributed by atoms with Gasteiger partial charge in [-0.25, -0.2) is 14.8 Å². The Morgan fingerprint density at radius 1 is 0.333 bits per heavy atom. The summed E-state index contributed by atoms with van der Waals surface area (Å²) in [6, 6.07) is 142. The molecular formula is C93H77N3O3P4PdS. The molecule has 16 rings (SSSR count). The van der Waals surface area contributed by atoms with Crippen LogP contribution in [-0.2, 0) is 20.4 Å². The van der Waals surface area contributed by atoms with Crippen molar-refractivity contribution in [1.82, 2.24) is 14.5 Å². The van der Waals surface area contributed by atoms with Gasteiger partial charge >= 0.3 is 5.97 Å². The van der Waals surface area contributed by atoms with Crippen molar-refractivity contribution in [3.8, 4) is 22.8 Å². The van der Waals surface area contributed by atoms with Gasteiger partial charge in [0.05, 0.1) is 18.2 Å². The van der Waals surface area contributed by atoms with Crippen LogP contribution in [0.4, 0.5) is 0 Å². The molecule has 0 radical (unpaired) electrons. The zero-order valence-corrected chi connectivity index (χ0v) is 64.0. The van der Waals surface area contributed by atoms with E-state index < -0.39 is 37.7 Å². The minimum atomic E-state index is -0.963. The Balaban J connectivity index is 0.000000132. The summed E-state index contributed by atoms with van der Waals surface area (Å²) in [7, 11) is -0.154. The van der Waals surface area contributed by atoms with E-state index in [1.54, 1.807) is 43.4 Å². The second kappa shape index (κ2) is 40.1. The molecule has 0 atom stereocenters. The zero-order valence-electron chi connectivity index (χ0n) is 58.0. The van der Waals surface area contributed by atoms with Crippen LogP contribution in [-0.4, -0.2) is 39.0 Å². The van der Waals surface area contributed by atoms with E-state index in [0.717, 1.165) is 32.7 Å². The van der Waals surface area contributed by atoms with E-state index in [-0.39, 0.29) is 26.0 Å². The summed E-state index contributed by atoms with van der Waals surface area (Å²) in [4.78, 5) is 21.4. The molecule has 0 aliphatic heterocycles. The number of carbonyl (C=O) groups is 1. The van der Waals surface area contributed by atoms with Crippen molar-refractivity contribution < 1.29 is 35.1 Å². The number of aromatic carboxylic acids is 1. The second-order valence-electron chi connectivity index (χ2n) is 23.5. The molecule has 2 heterocycles. The fourth-order valence-corrected chi connectivity index (χ4v) is 21.6. The number of hydrogen-bond donors (Lipinski definition) is 1. The molecule has 105 heavy (non-hydrogen) atoms. The maximum Gasteiger partial charge on any atom is 0.335 e. The molecular weight excluding hydrogens is 1470 g/mol. The first-order valence-corrected chi connectivity index (χ1v) is 40.7. The van der Waals surface area contributed by atoms with Crippen molar-refractivity contribution in [3.05, 3.63) is 431 Å². The Kier molecular flexibility index (Phi) is 29.0. The number of aromatic nitrogens is 3. The largest absolute Gasteiger partial charge is 0.497 e. The topological polar surface area (TPSA) is 77.2 Å². The first-order chi connectivity index (χ1) is 51.4. The molecule has 0 saturated heterocycles. The average Bonchev–Trinajstić information content (AvgIpc) is 1.65. The minimum Gasteiger partial charge on any atom is -0.497 e. The van der Waals surface area contributed by atoms with Crippen LogP contribution >= 0.6 is 43.4 Å². The molecule has 16 aromatic rings. The van der Waals surface area contributed by atoms with Crippen LogP contribution in [0, 0.1) is 0 Å². The number of hydrogen-bond acceptors (Lipinski definition) is 5. The normalized spacial score (nSPS) is 10.6. The fourth-order valence-electron chi connectivity index (χ4n) is 11.8. The maximum absolute atomic E-state index is 11.4. The molecule has 518 valence electrons. The molecule has 12 heteroatoms. The molecule has 0 aliphatic rings. The van der Waals surface area contributed by atoms with Crippen molar-refractivity contribution in [1.29, 1.82) is 0 Å². The van der Waals surface area contributed by atoms with Crippen molar-refractivity contribution in [2.24, 2.45) is 0 Å². The quantitative estimate of drug-likeness (QED) is 0.0556. The number of ether oxygens (including phenoxy) is 1. The SMILES string of the molecule is COc1cccc(-c2cnc(-n3cc(SC)c4ccc(C(=O)O)cc43)nc2)c1.[Pd].c1ccc(P(c2ccccc2)c2ccccc2)cc1.c1ccc(P(c2ccccc2)c2ccccc2)cc1.c1ccc(P(c2ccccc2)c2ccccc2)cc1.c1ccc(P(c2ccccc2)c2ccccc2)cc1. The van der Waals surface area contributed by atoms with Gasteiger partial charge < -0.3 is 9.84 Å². The molecule has 0 bridgehead atoms. The van der Waals surface area contributed by atoms with Gasteiger partial charge in [-0.1, -0.05) is 382 Å². The van der Waals surface area contributed by atoms with Gasteiger partial charge in [-0.2, -0.15) is 0 Å². The van der Waals surface area contributed by atoms with E-state index in [9.17, 15) is 9.90 Å². The van der Waals surface area contributed by atoms with Gasteiger partial charge in [0.1, 0.15) is 5.75 Å². The summed E-state index contributed by atoms with van der Waals surface area (Å²) >= 11 is 1.59. The van der Waals surface area contributed by atoms with Crippen LogP contribution in [0.15, 0.2) is 430 Å². The number of thioether (sulfide) groups is 1. The summed E-state index contributed by atoms with van der Waals surface area (Å²) in [5, 5.41) is 27.1. The van der Waals surface area contributed by atoms with Crippen LogP contribution < -0.4 is 68.4 Å². The Morgan fingerprint density at radius 3 is 0.819 bits per heavy atom. The van der Waals surface area contributed by atoms with E-state index >= 15 is 0 Å². The monoisotopic (exact) mass is 1550 g/mol. The Morgan fingerprint density at radius 2 is 0.590 bits per heavy atom. The van der Waals surface area contributed by atoms with E-state index in [1.165, 1.54) is 63.7 Å². The Labute approximate surface area is 640 Å². The van der Waals surface area contributed by atoms with Gasteiger partial charge in [-0.15, -0.1) is 11.8 Å². The summed E-state index contributed by atoms with van der Waals surface area (Å²) < 4.78 is 7.09. The summed E-state index contributed by atoms with van der Waals surface area (Å²) in [6.45, 7) is 0. The molecule has 0 aliphatic carbocycles. The molecule has 0 spiro atoms. The van der Waals surface area contributed by atoms with Crippen LogP contribution in [0.25, 0.3) is 28.0 Å². The van der Waals surface area contributed by atoms with Crippen LogP contribution in [0.5, 0.6) is 5.75 Å². The first-order valence-electron chi connectivity index (χ1n) is 34.1.